The number of likely N-dealkylation sites (N-methyl/N-ethyl adjacent to an activating group) is 2. The molecule has 2 aliphatic rings. The minimum Gasteiger partial charge on any atom is -0.495 e. The van der Waals surface area contributed by atoms with Crippen LogP contribution in [0, 0.1) is 0 Å². The standard InChI is InChI=1S/C31H43N5O4/c1-30(2,19-34(4)5)33-28(38)21-13-15-24(27(17-21)40-7)32-22-14-16-25-26(18-22)36(23-11-9-8-10-12-23)31(3,20-37)29(39)35(25)6/h13-18,20,23,32H,8-12,19H2,1-7H3,(H,33,38)/t31-/m1/s1. The third-order valence-electron chi connectivity index (χ3n) is 7.91. The van der Waals surface area contributed by atoms with Gasteiger partial charge in [-0.3, -0.25) is 9.59 Å². The largest absolute Gasteiger partial charge is 0.495 e. The van der Waals surface area contributed by atoms with Crippen molar-refractivity contribution in [1.29, 1.82) is 0 Å². The van der Waals surface area contributed by atoms with Crippen molar-refractivity contribution in [2.45, 2.75) is 70.0 Å². The van der Waals surface area contributed by atoms with Crippen LogP contribution in [0.3, 0.4) is 0 Å². The number of aldehydes is 1. The minimum atomic E-state index is -1.27. The molecule has 2 amide bonds. The topological polar surface area (TPSA) is 94.2 Å². The van der Waals surface area contributed by atoms with Crippen LogP contribution >= 0.6 is 0 Å². The predicted molar refractivity (Wildman–Crippen MR) is 160 cm³/mol. The summed E-state index contributed by atoms with van der Waals surface area (Å²) in [5, 5.41) is 6.52. The zero-order chi connectivity index (χ0) is 29.2. The Labute approximate surface area is 237 Å². The Hall–Kier alpha value is -3.59. The summed E-state index contributed by atoms with van der Waals surface area (Å²) in [6, 6.07) is 11.3. The number of carbonyl (C=O) groups is 3. The van der Waals surface area contributed by atoms with Crippen molar-refractivity contribution >= 4 is 40.9 Å². The van der Waals surface area contributed by atoms with Crippen LogP contribution in [0.25, 0.3) is 0 Å². The number of anilines is 4. The van der Waals surface area contributed by atoms with Gasteiger partial charge < -0.3 is 34.9 Å². The molecule has 2 aromatic rings. The maximum Gasteiger partial charge on any atom is 0.259 e. The number of nitrogens with zero attached hydrogens (tertiary/aromatic N) is 3. The Bertz CT molecular complexity index is 1270. The third-order valence-corrected chi connectivity index (χ3v) is 7.91. The lowest BCUT2D eigenvalue weighted by atomic mass is 9.86. The van der Waals surface area contributed by atoms with Crippen LogP contribution in [-0.4, -0.2) is 74.9 Å². The maximum absolute atomic E-state index is 13.4. The predicted octanol–water partition coefficient (Wildman–Crippen LogP) is 4.58. The van der Waals surface area contributed by atoms with Crippen LogP contribution in [0.4, 0.5) is 22.7 Å². The molecule has 0 spiro atoms. The Kier molecular flexibility index (Phi) is 8.44. The quantitative estimate of drug-likeness (QED) is 0.349. The lowest BCUT2D eigenvalue weighted by molar-refractivity contribution is -0.128. The average Bonchev–Trinajstić information content (AvgIpc) is 2.91. The van der Waals surface area contributed by atoms with E-state index in [0.717, 1.165) is 49.0 Å². The van der Waals surface area contributed by atoms with Gasteiger partial charge in [0.25, 0.3) is 11.8 Å². The molecule has 1 fully saturated rings. The highest BCUT2D eigenvalue weighted by molar-refractivity contribution is 6.16. The number of methoxy groups -OCH3 is 1. The summed E-state index contributed by atoms with van der Waals surface area (Å²) in [5.41, 5.74) is 1.96. The maximum atomic E-state index is 13.4. The third kappa shape index (κ3) is 5.80. The summed E-state index contributed by atoms with van der Waals surface area (Å²) < 4.78 is 5.65. The van der Waals surface area contributed by atoms with Gasteiger partial charge in [-0.25, -0.2) is 0 Å². The Morgan fingerprint density at radius 1 is 1.12 bits per heavy atom. The van der Waals surface area contributed by atoms with E-state index in [-0.39, 0.29) is 17.9 Å². The first kappa shape index (κ1) is 29.4. The molecule has 2 aromatic carbocycles. The van der Waals surface area contributed by atoms with Crippen molar-refractivity contribution in [3.05, 3.63) is 42.0 Å². The Balaban J connectivity index is 1.65. The summed E-state index contributed by atoms with van der Waals surface area (Å²) in [5.74, 6) is 0.144. The van der Waals surface area contributed by atoms with Gasteiger partial charge in [-0.15, -0.1) is 0 Å². The first-order valence-electron chi connectivity index (χ1n) is 14.0. The lowest BCUT2D eigenvalue weighted by Crippen LogP contribution is -2.65. The molecule has 1 atom stereocenters. The van der Waals surface area contributed by atoms with Gasteiger partial charge >= 0.3 is 0 Å². The van der Waals surface area contributed by atoms with Crippen LogP contribution in [0.5, 0.6) is 5.75 Å². The SMILES string of the molecule is COc1cc(C(=O)NC(C)(C)CN(C)C)ccc1Nc1ccc2c(c1)N(C1CCCCC1)[C@](C)(C=O)C(=O)N2C. The van der Waals surface area contributed by atoms with Gasteiger partial charge in [-0.1, -0.05) is 19.3 Å². The molecule has 1 heterocycles. The molecule has 216 valence electrons. The van der Waals surface area contributed by atoms with E-state index in [4.69, 9.17) is 4.74 Å². The summed E-state index contributed by atoms with van der Waals surface area (Å²) in [6.07, 6.45) is 6.01. The molecule has 0 radical (unpaired) electrons. The van der Waals surface area contributed by atoms with E-state index in [9.17, 15) is 14.4 Å². The summed E-state index contributed by atoms with van der Waals surface area (Å²) in [6.45, 7) is 6.41. The Morgan fingerprint density at radius 3 is 2.45 bits per heavy atom. The molecular formula is C31H43N5O4. The lowest BCUT2D eigenvalue weighted by Gasteiger charge is -2.50. The summed E-state index contributed by atoms with van der Waals surface area (Å²) in [7, 11) is 7.25. The molecule has 1 aliphatic heterocycles. The second kappa shape index (κ2) is 11.5. The highest BCUT2D eigenvalue weighted by Gasteiger charge is 2.49. The minimum absolute atomic E-state index is 0.111. The zero-order valence-corrected chi connectivity index (χ0v) is 24.8. The van der Waals surface area contributed by atoms with Crippen LogP contribution in [0.1, 0.15) is 63.2 Å². The van der Waals surface area contributed by atoms with Crippen LogP contribution in [0.2, 0.25) is 0 Å². The van der Waals surface area contributed by atoms with Gasteiger partial charge in [0.2, 0.25) is 0 Å². The number of hydrogen-bond donors (Lipinski definition) is 2. The molecule has 9 nitrogen and oxygen atoms in total. The van der Waals surface area contributed by atoms with Gasteiger partial charge in [-0.2, -0.15) is 0 Å². The highest BCUT2D eigenvalue weighted by Crippen LogP contribution is 2.45. The van der Waals surface area contributed by atoms with E-state index in [2.05, 4.69) is 10.6 Å². The number of hydrogen-bond acceptors (Lipinski definition) is 7. The molecule has 0 aromatic heterocycles. The van der Waals surface area contributed by atoms with Crippen molar-refractivity contribution in [3.63, 3.8) is 0 Å². The Morgan fingerprint density at radius 2 is 1.82 bits per heavy atom. The first-order chi connectivity index (χ1) is 18.9. The molecule has 9 heteroatoms. The summed E-state index contributed by atoms with van der Waals surface area (Å²) in [4.78, 5) is 44.5. The van der Waals surface area contributed by atoms with Crippen molar-refractivity contribution in [1.82, 2.24) is 10.2 Å². The molecule has 1 saturated carbocycles. The van der Waals surface area contributed by atoms with E-state index in [0.29, 0.717) is 23.5 Å². The molecule has 0 bridgehead atoms. The van der Waals surface area contributed by atoms with Crippen molar-refractivity contribution in [2.24, 2.45) is 0 Å². The molecule has 0 saturated heterocycles. The number of fused-ring (bicyclic) bond motifs is 1. The molecule has 0 unspecified atom stereocenters. The van der Waals surface area contributed by atoms with Gasteiger partial charge in [0.1, 0.15) is 5.75 Å². The van der Waals surface area contributed by atoms with Crippen LogP contribution in [0.15, 0.2) is 36.4 Å². The van der Waals surface area contributed by atoms with E-state index >= 15 is 0 Å². The average molecular weight is 550 g/mol. The van der Waals surface area contributed by atoms with E-state index in [1.165, 1.54) is 6.42 Å². The fourth-order valence-corrected chi connectivity index (χ4v) is 6.20. The first-order valence-corrected chi connectivity index (χ1v) is 14.0. The molecule has 2 N–H and O–H groups in total. The zero-order valence-electron chi connectivity index (χ0n) is 24.8. The fraction of sp³-hybridized carbons (Fsp3) is 0.516. The number of rotatable bonds is 9. The smallest absolute Gasteiger partial charge is 0.259 e. The molecule has 4 rings (SSSR count). The van der Waals surface area contributed by atoms with E-state index in [1.807, 2.05) is 62.0 Å². The normalized spacial score (nSPS) is 19.9. The second-order valence-electron chi connectivity index (χ2n) is 12.1. The van der Waals surface area contributed by atoms with Gasteiger partial charge in [-0.05, 0) is 84.1 Å². The van der Waals surface area contributed by atoms with Crippen LogP contribution < -0.4 is 25.2 Å². The number of carbonyl (C=O) groups excluding carboxylic acids is 3. The van der Waals surface area contributed by atoms with Gasteiger partial charge in [0.15, 0.2) is 11.8 Å². The van der Waals surface area contributed by atoms with Crippen molar-refractivity contribution in [3.8, 4) is 5.75 Å². The van der Waals surface area contributed by atoms with E-state index < -0.39 is 11.1 Å². The van der Waals surface area contributed by atoms with E-state index in [1.54, 1.807) is 38.1 Å². The number of nitrogens with one attached hydrogen (secondary N) is 2. The van der Waals surface area contributed by atoms with Gasteiger partial charge in [0.05, 0.1) is 24.2 Å². The number of amides is 2. The van der Waals surface area contributed by atoms with Gasteiger partial charge in [0, 0.05) is 36.4 Å². The number of benzene rings is 2. The fourth-order valence-electron chi connectivity index (χ4n) is 6.20. The molecule has 40 heavy (non-hydrogen) atoms. The highest BCUT2D eigenvalue weighted by atomic mass is 16.5. The van der Waals surface area contributed by atoms with Crippen molar-refractivity contribution in [2.75, 3.05) is 49.9 Å². The molecular weight excluding hydrogens is 506 g/mol. The second-order valence-corrected chi connectivity index (χ2v) is 12.1. The van der Waals surface area contributed by atoms with Crippen LogP contribution in [-0.2, 0) is 9.59 Å². The monoisotopic (exact) mass is 549 g/mol. The van der Waals surface area contributed by atoms with Crippen molar-refractivity contribution < 1.29 is 19.1 Å². The summed E-state index contributed by atoms with van der Waals surface area (Å²) >= 11 is 0. The number of ether oxygens (including phenoxy) is 1. The molecule has 1 aliphatic carbocycles.